The molecule has 0 spiro atoms. The Morgan fingerprint density at radius 3 is 2.20 bits per heavy atom. The molecule has 0 aliphatic heterocycles. The summed E-state index contributed by atoms with van der Waals surface area (Å²) in [6.07, 6.45) is 1.81. The van der Waals surface area contributed by atoms with Crippen molar-refractivity contribution in [2.75, 3.05) is 0 Å². The van der Waals surface area contributed by atoms with Crippen LogP contribution in [0.15, 0.2) is 6.20 Å². The van der Waals surface area contributed by atoms with Gasteiger partial charge in [-0.05, 0) is 5.92 Å². The molecule has 2 nitrogen and oxygen atoms in total. The first-order valence-corrected chi connectivity index (χ1v) is 4.31. The van der Waals surface area contributed by atoms with Gasteiger partial charge < -0.3 is 0 Å². The third-order valence-corrected chi connectivity index (χ3v) is 1.46. The zero-order valence-electron chi connectivity index (χ0n) is 6.96. The predicted molar refractivity (Wildman–Crippen MR) is 45.3 cm³/mol. The Hall–Kier alpha value is -0.440. The van der Waals surface area contributed by atoms with Crippen molar-refractivity contribution >= 4 is 11.7 Å². The normalized spacial score (nSPS) is 8.90. The molecule has 0 atom stereocenters. The van der Waals surface area contributed by atoms with Crippen molar-refractivity contribution in [2.24, 2.45) is 0 Å². The number of aromatic nitrogens is 2. The van der Waals surface area contributed by atoms with Crippen molar-refractivity contribution in [1.29, 1.82) is 0 Å². The molecule has 0 saturated heterocycles. The summed E-state index contributed by atoms with van der Waals surface area (Å²) in [6.45, 7) is 8.22. The molecule has 58 valence electrons. The minimum absolute atomic E-state index is 0.522. The molecule has 0 N–H and O–H groups in total. The highest BCUT2D eigenvalue weighted by Gasteiger charge is 1.98. The van der Waals surface area contributed by atoms with E-state index < -0.39 is 0 Å². The Morgan fingerprint density at radius 1 is 1.40 bits per heavy atom. The average Bonchev–Trinajstić information content (AvgIpc) is 2.42. The van der Waals surface area contributed by atoms with Crippen LogP contribution in [0.1, 0.15) is 39.3 Å². The van der Waals surface area contributed by atoms with Crippen LogP contribution in [-0.4, -0.2) is 8.75 Å². The van der Waals surface area contributed by atoms with Gasteiger partial charge in [0.05, 0.1) is 23.6 Å². The largest absolute Gasteiger partial charge is 0.181 e. The van der Waals surface area contributed by atoms with Crippen LogP contribution in [0.2, 0.25) is 0 Å². The van der Waals surface area contributed by atoms with E-state index in [9.17, 15) is 0 Å². The van der Waals surface area contributed by atoms with Crippen molar-refractivity contribution in [2.45, 2.75) is 33.6 Å². The van der Waals surface area contributed by atoms with Gasteiger partial charge in [0.1, 0.15) is 0 Å². The molecule has 1 rings (SSSR count). The van der Waals surface area contributed by atoms with Gasteiger partial charge in [-0.3, -0.25) is 0 Å². The van der Waals surface area contributed by atoms with Crippen molar-refractivity contribution in [3.63, 3.8) is 0 Å². The first-order chi connectivity index (χ1) is 4.80. The summed E-state index contributed by atoms with van der Waals surface area (Å²) in [4.78, 5) is 0. The van der Waals surface area contributed by atoms with Gasteiger partial charge in [-0.1, -0.05) is 27.7 Å². The summed E-state index contributed by atoms with van der Waals surface area (Å²) < 4.78 is 7.92. The Kier molecular flexibility index (Phi) is 5.12. The lowest BCUT2D eigenvalue weighted by Crippen LogP contribution is -1.83. The van der Waals surface area contributed by atoms with Crippen LogP contribution in [0, 0.1) is 0 Å². The highest BCUT2D eigenvalue weighted by Crippen LogP contribution is 2.09. The van der Waals surface area contributed by atoms with E-state index in [4.69, 9.17) is 0 Å². The average molecular weight is 158 g/mol. The molecule has 1 aromatic rings. The van der Waals surface area contributed by atoms with Crippen LogP contribution in [0.5, 0.6) is 0 Å². The molecule has 1 heterocycles. The fourth-order valence-corrected chi connectivity index (χ4v) is 0.981. The molecule has 0 fully saturated rings. The standard InChI is InChI=1S/C5H8N2S.C2H6/c1-4(2)5-3-6-8-7-5;1-2/h3-4H,1-2H3;1-2H3. The second kappa shape index (κ2) is 5.35. The molecule has 0 bridgehead atoms. The lowest BCUT2D eigenvalue weighted by molar-refractivity contribution is 0.838. The molecule has 3 heteroatoms. The zero-order valence-corrected chi connectivity index (χ0v) is 7.77. The molecular weight excluding hydrogens is 144 g/mol. The van der Waals surface area contributed by atoms with Gasteiger partial charge in [0, 0.05) is 0 Å². The predicted octanol–water partition coefficient (Wildman–Crippen LogP) is 2.69. The molecule has 0 amide bonds. The lowest BCUT2D eigenvalue weighted by atomic mass is 10.2. The molecule has 10 heavy (non-hydrogen) atoms. The second-order valence-electron chi connectivity index (χ2n) is 1.99. The van der Waals surface area contributed by atoms with Gasteiger partial charge in [-0.2, -0.15) is 8.75 Å². The maximum absolute atomic E-state index is 4.05. The lowest BCUT2D eigenvalue weighted by Gasteiger charge is -1.92. The molecule has 0 aromatic carbocycles. The van der Waals surface area contributed by atoms with Gasteiger partial charge in [-0.15, -0.1) is 0 Å². The van der Waals surface area contributed by atoms with Crippen molar-refractivity contribution in [1.82, 2.24) is 8.75 Å². The van der Waals surface area contributed by atoms with Gasteiger partial charge in [0.15, 0.2) is 0 Å². The molecule has 0 aliphatic carbocycles. The molecule has 1 aromatic heterocycles. The second-order valence-corrected chi connectivity index (χ2v) is 2.54. The van der Waals surface area contributed by atoms with Crippen LogP contribution in [0.4, 0.5) is 0 Å². The highest BCUT2D eigenvalue weighted by atomic mass is 32.1. The third kappa shape index (κ3) is 2.92. The Balaban J connectivity index is 0.000000371. The maximum atomic E-state index is 4.05. The molecule has 0 radical (unpaired) electrons. The fraction of sp³-hybridized carbons (Fsp3) is 0.714. The smallest absolute Gasteiger partial charge is 0.0768 e. The summed E-state index contributed by atoms with van der Waals surface area (Å²) >= 11 is 1.27. The minimum atomic E-state index is 0.522. The summed E-state index contributed by atoms with van der Waals surface area (Å²) in [5.74, 6) is 0.522. The fourth-order valence-electron chi connectivity index (χ4n) is 0.426. The van der Waals surface area contributed by atoms with E-state index in [0.29, 0.717) is 5.92 Å². The van der Waals surface area contributed by atoms with E-state index in [1.807, 2.05) is 20.0 Å². The highest BCUT2D eigenvalue weighted by molar-refractivity contribution is 6.99. The minimum Gasteiger partial charge on any atom is -0.181 e. The van der Waals surface area contributed by atoms with Crippen LogP contribution in [0.25, 0.3) is 0 Å². The Morgan fingerprint density at radius 2 is 2.00 bits per heavy atom. The summed E-state index contributed by atoms with van der Waals surface area (Å²) in [7, 11) is 0. The quantitative estimate of drug-likeness (QED) is 0.628. The van der Waals surface area contributed by atoms with Gasteiger partial charge in [0.25, 0.3) is 0 Å². The SMILES string of the molecule is CC.CC(C)c1cnsn1. The number of hydrogen-bond acceptors (Lipinski definition) is 3. The number of rotatable bonds is 1. The summed E-state index contributed by atoms with van der Waals surface area (Å²) in [6, 6.07) is 0. The first-order valence-electron chi connectivity index (χ1n) is 3.58. The van der Waals surface area contributed by atoms with E-state index in [2.05, 4.69) is 22.6 Å². The van der Waals surface area contributed by atoms with E-state index in [1.165, 1.54) is 11.7 Å². The monoisotopic (exact) mass is 158 g/mol. The third-order valence-electron chi connectivity index (χ3n) is 0.970. The number of hydrogen-bond donors (Lipinski definition) is 0. The molecule has 0 saturated carbocycles. The van der Waals surface area contributed by atoms with Crippen molar-refractivity contribution in [3.05, 3.63) is 11.9 Å². The van der Waals surface area contributed by atoms with Crippen molar-refractivity contribution in [3.8, 4) is 0 Å². The van der Waals surface area contributed by atoms with Crippen LogP contribution in [0.3, 0.4) is 0 Å². The molecular formula is C7H14N2S. The summed E-state index contributed by atoms with van der Waals surface area (Å²) in [5.41, 5.74) is 1.09. The first kappa shape index (κ1) is 9.56. The van der Waals surface area contributed by atoms with E-state index in [0.717, 1.165) is 5.69 Å². The summed E-state index contributed by atoms with van der Waals surface area (Å²) in [5, 5.41) is 0. The van der Waals surface area contributed by atoms with Gasteiger partial charge in [0.2, 0.25) is 0 Å². The maximum Gasteiger partial charge on any atom is 0.0768 e. The van der Waals surface area contributed by atoms with E-state index in [-0.39, 0.29) is 0 Å². The Bertz CT molecular complexity index is 147. The van der Waals surface area contributed by atoms with Crippen LogP contribution in [-0.2, 0) is 0 Å². The van der Waals surface area contributed by atoms with Crippen molar-refractivity contribution < 1.29 is 0 Å². The molecule has 0 aliphatic rings. The van der Waals surface area contributed by atoms with Crippen LogP contribution >= 0.6 is 11.7 Å². The van der Waals surface area contributed by atoms with E-state index >= 15 is 0 Å². The topological polar surface area (TPSA) is 25.8 Å². The van der Waals surface area contributed by atoms with Crippen LogP contribution < -0.4 is 0 Å². The Labute approximate surface area is 66.6 Å². The molecule has 0 unspecified atom stereocenters. The van der Waals surface area contributed by atoms with E-state index in [1.54, 1.807) is 0 Å². The zero-order chi connectivity index (χ0) is 7.98. The number of nitrogens with zero attached hydrogens (tertiary/aromatic N) is 2. The van der Waals surface area contributed by atoms with Gasteiger partial charge >= 0.3 is 0 Å². The van der Waals surface area contributed by atoms with Gasteiger partial charge in [-0.25, -0.2) is 0 Å².